The van der Waals surface area contributed by atoms with E-state index < -0.39 is 97.5 Å². The zero-order chi connectivity index (χ0) is 78.9. The van der Waals surface area contributed by atoms with Gasteiger partial charge in [-0.15, -0.1) is 0 Å². The number of carbonyl (C=O) groups excluding carboxylic acids is 4. The number of ether oxygens (including phenoxy) is 4. The van der Waals surface area contributed by atoms with Gasteiger partial charge in [0.25, 0.3) is 0 Å². The first-order valence-electron chi connectivity index (χ1n) is 42.1. The molecule has 0 aromatic heterocycles. The Balaban J connectivity index is 5.42. The smallest absolute Gasteiger partial charge is 0.462 e. The minimum Gasteiger partial charge on any atom is -0.462 e. The Morgan fingerprint density at radius 3 is 0.769 bits per heavy atom. The summed E-state index contributed by atoms with van der Waals surface area (Å²) in [5.74, 6) is -2.25. The molecule has 0 fully saturated rings. The highest BCUT2D eigenvalue weighted by atomic mass is 31.2. The van der Waals surface area contributed by atoms with Crippen molar-refractivity contribution in [2.75, 3.05) is 39.6 Å². The Hall–Kier alpha value is -5.06. The maximum atomic E-state index is 13.1. The summed E-state index contributed by atoms with van der Waals surface area (Å²) in [6.45, 7) is 4.57. The molecule has 0 aliphatic heterocycles. The van der Waals surface area contributed by atoms with E-state index >= 15 is 0 Å². The van der Waals surface area contributed by atoms with Crippen molar-refractivity contribution in [1.29, 1.82) is 0 Å². The number of carbonyl (C=O) groups is 4. The van der Waals surface area contributed by atoms with Gasteiger partial charge in [0.15, 0.2) is 12.2 Å². The molecule has 17 nitrogen and oxygen atoms in total. The van der Waals surface area contributed by atoms with Gasteiger partial charge in [-0.1, -0.05) is 308 Å². The monoisotopic (exact) mass is 1550 g/mol. The lowest BCUT2D eigenvalue weighted by Gasteiger charge is -2.21. The van der Waals surface area contributed by atoms with Crippen LogP contribution in [0.25, 0.3) is 0 Å². The molecule has 0 saturated heterocycles. The maximum absolute atomic E-state index is 13.1. The second kappa shape index (κ2) is 80.0. The Kier molecular flexibility index (Phi) is 76.3. The molecule has 618 valence electrons. The second-order valence-electron chi connectivity index (χ2n) is 27.7. The average Bonchev–Trinajstić information content (AvgIpc) is 0.916. The van der Waals surface area contributed by atoms with Crippen LogP contribution < -0.4 is 0 Å². The number of aliphatic hydroxyl groups excluding tert-OH is 1. The van der Waals surface area contributed by atoms with Crippen molar-refractivity contribution in [2.24, 2.45) is 0 Å². The SMILES string of the molecule is CC/C=C\C/C=C\C/C=C\C/C=C\C/C=C\CCCCCC(=O)OCC(COP(=O)(O)OCC(O)COP(=O)(O)OCC(COC(=O)CCCCCCCC/C=C\C/C=C\C/C=C\CCCCC)OC(=O)CCCCCC/C=C\C/C=C\C/C=C\C/C=C\CC)OC(=O)CCCCCCCCCCCCCCC. The van der Waals surface area contributed by atoms with E-state index in [1.54, 1.807) is 0 Å². The van der Waals surface area contributed by atoms with Crippen molar-refractivity contribution in [1.82, 2.24) is 0 Å². The van der Waals surface area contributed by atoms with Gasteiger partial charge in [0.05, 0.1) is 26.4 Å². The lowest BCUT2D eigenvalue weighted by Crippen LogP contribution is -2.30. The fourth-order valence-electron chi connectivity index (χ4n) is 11.0. The molecule has 0 bridgehead atoms. The molecule has 0 radical (unpaired) electrons. The zero-order valence-corrected chi connectivity index (χ0v) is 69.5. The molecule has 19 heteroatoms. The molecule has 5 atom stereocenters. The number of rotatable bonds is 78. The van der Waals surface area contributed by atoms with Gasteiger partial charge in [-0.25, -0.2) is 9.13 Å². The van der Waals surface area contributed by atoms with E-state index in [1.165, 1.54) is 70.6 Å². The minimum atomic E-state index is -5.00. The van der Waals surface area contributed by atoms with Crippen LogP contribution in [0.15, 0.2) is 146 Å². The molecule has 108 heavy (non-hydrogen) atoms. The Morgan fingerprint density at radius 2 is 0.481 bits per heavy atom. The van der Waals surface area contributed by atoms with Gasteiger partial charge in [0.1, 0.15) is 19.3 Å². The van der Waals surface area contributed by atoms with Crippen LogP contribution >= 0.6 is 15.6 Å². The molecular formula is C89H150O17P2. The number of unbranched alkanes of at least 4 members (excludes halogenated alkanes) is 28. The molecule has 0 amide bonds. The molecule has 0 aliphatic carbocycles. The third kappa shape index (κ3) is 79.0. The fraction of sp³-hybridized carbons (Fsp3) is 0.685. The predicted octanol–water partition coefficient (Wildman–Crippen LogP) is 25.0. The van der Waals surface area contributed by atoms with Gasteiger partial charge >= 0.3 is 39.5 Å². The molecule has 0 spiro atoms. The van der Waals surface area contributed by atoms with Crippen molar-refractivity contribution in [3.8, 4) is 0 Å². The van der Waals surface area contributed by atoms with E-state index in [2.05, 4.69) is 174 Å². The van der Waals surface area contributed by atoms with E-state index in [0.29, 0.717) is 25.7 Å². The predicted molar refractivity (Wildman–Crippen MR) is 445 cm³/mol. The number of phosphoric acid groups is 2. The van der Waals surface area contributed by atoms with Crippen molar-refractivity contribution in [3.63, 3.8) is 0 Å². The molecule has 0 aromatic rings. The maximum Gasteiger partial charge on any atom is 0.472 e. The van der Waals surface area contributed by atoms with E-state index in [0.717, 1.165) is 186 Å². The molecule has 0 aliphatic rings. The van der Waals surface area contributed by atoms with Crippen molar-refractivity contribution >= 4 is 39.5 Å². The molecule has 3 N–H and O–H groups in total. The summed E-state index contributed by atoms with van der Waals surface area (Å²) in [7, 11) is -9.99. The van der Waals surface area contributed by atoms with Crippen LogP contribution in [0.4, 0.5) is 0 Å². The number of esters is 4. The van der Waals surface area contributed by atoms with E-state index in [-0.39, 0.29) is 25.7 Å². The summed E-state index contributed by atoms with van der Waals surface area (Å²) in [4.78, 5) is 73.2. The molecule has 0 aromatic carbocycles. The summed E-state index contributed by atoms with van der Waals surface area (Å²) in [5, 5.41) is 10.7. The summed E-state index contributed by atoms with van der Waals surface area (Å²) < 4.78 is 68.7. The standard InChI is InChI=1S/C89H150O17P2/c1-5-9-13-17-21-25-29-33-36-39-41-44-46-50-53-57-61-65-69-73-86(91)99-79-84(105-88(93)75-71-67-63-59-55-49-32-28-24-20-16-12-8-4)81-103-107(95,96)101-77-83(90)78-102-108(97,98)104-82-85(106-89(94)76-72-68-64-60-56-52-48-43-38-35-31-27-23-19-15-11-7-3)80-100-87(92)74-70-66-62-58-54-51-47-45-42-40-37-34-30-26-22-18-14-10-6-2/h9,11,13,15,21-23,25-27,33-38,41-42,44-45,48,50,52-53,83-85,90H,5-8,10,12,14,16-20,24,28-32,39-40,43,46-47,49,51,54-82H2,1-4H3,(H,95,96)(H,97,98)/b13-9-,15-11-,25-21-,26-22-,27-23-,36-33-,37-34-,38-35-,44-41-,45-42-,52-48-,53-50-. The first-order chi connectivity index (χ1) is 52.7. The fourth-order valence-corrected chi connectivity index (χ4v) is 12.5. The topological polar surface area (TPSA) is 237 Å². The lowest BCUT2D eigenvalue weighted by molar-refractivity contribution is -0.161. The second-order valence-corrected chi connectivity index (χ2v) is 30.6. The molecule has 0 heterocycles. The van der Waals surface area contributed by atoms with Crippen LogP contribution in [0.1, 0.15) is 336 Å². The number of aliphatic hydroxyl groups is 1. The first-order valence-corrected chi connectivity index (χ1v) is 45.1. The largest absolute Gasteiger partial charge is 0.472 e. The highest BCUT2D eigenvalue weighted by Gasteiger charge is 2.30. The third-order valence-electron chi connectivity index (χ3n) is 17.3. The quantitative estimate of drug-likeness (QED) is 0.0169. The van der Waals surface area contributed by atoms with Crippen LogP contribution in [0.5, 0.6) is 0 Å². The zero-order valence-electron chi connectivity index (χ0n) is 67.7. The van der Waals surface area contributed by atoms with E-state index in [4.69, 9.17) is 37.0 Å². The minimum absolute atomic E-state index is 0.0599. The number of phosphoric ester groups is 2. The number of hydrogen-bond acceptors (Lipinski definition) is 15. The summed E-state index contributed by atoms with van der Waals surface area (Å²) in [5.41, 5.74) is 0. The van der Waals surface area contributed by atoms with Gasteiger partial charge in [-0.05, 0) is 148 Å². The van der Waals surface area contributed by atoms with Gasteiger partial charge in [0.2, 0.25) is 0 Å². The first kappa shape index (κ1) is 103. The Labute approximate surface area is 656 Å². The van der Waals surface area contributed by atoms with Crippen LogP contribution in [0, 0.1) is 0 Å². The molecule has 0 saturated carbocycles. The van der Waals surface area contributed by atoms with Crippen LogP contribution in [0.2, 0.25) is 0 Å². The van der Waals surface area contributed by atoms with E-state index in [1.807, 2.05) is 0 Å². The normalized spacial score (nSPS) is 14.5. The van der Waals surface area contributed by atoms with Crippen molar-refractivity contribution in [2.45, 2.75) is 354 Å². The lowest BCUT2D eigenvalue weighted by atomic mass is 10.0. The van der Waals surface area contributed by atoms with Crippen LogP contribution in [-0.4, -0.2) is 96.7 Å². The highest BCUT2D eigenvalue weighted by Crippen LogP contribution is 2.45. The van der Waals surface area contributed by atoms with Gasteiger partial charge in [-0.2, -0.15) is 0 Å². The molecule has 0 rings (SSSR count). The van der Waals surface area contributed by atoms with Crippen molar-refractivity contribution in [3.05, 3.63) is 146 Å². The summed E-state index contributed by atoms with van der Waals surface area (Å²) >= 11 is 0. The van der Waals surface area contributed by atoms with Gasteiger partial charge in [-0.3, -0.25) is 37.3 Å². The van der Waals surface area contributed by atoms with E-state index in [9.17, 15) is 43.2 Å². The number of allylic oxidation sites excluding steroid dienone is 24. The molecular weight excluding hydrogens is 1400 g/mol. The van der Waals surface area contributed by atoms with Gasteiger partial charge in [0, 0.05) is 25.7 Å². The van der Waals surface area contributed by atoms with Crippen LogP contribution in [-0.2, 0) is 65.4 Å². The number of hydrogen-bond donors (Lipinski definition) is 3. The Bertz CT molecular complexity index is 2610. The summed E-state index contributed by atoms with van der Waals surface area (Å²) in [6, 6.07) is 0. The third-order valence-corrected chi connectivity index (χ3v) is 19.2. The summed E-state index contributed by atoms with van der Waals surface area (Å²) in [6.07, 6.45) is 92.4. The van der Waals surface area contributed by atoms with Crippen molar-refractivity contribution < 1.29 is 80.2 Å². The average molecular weight is 1550 g/mol. The van der Waals surface area contributed by atoms with Gasteiger partial charge < -0.3 is 33.8 Å². The highest BCUT2D eigenvalue weighted by molar-refractivity contribution is 7.47. The van der Waals surface area contributed by atoms with Crippen LogP contribution in [0.3, 0.4) is 0 Å². The molecule has 5 unspecified atom stereocenters. The Morgan fingerprint density at radius 1 is 0.269 bits per heavy atom.